The Hall–Kier alpha value is -2.71. The van der Waals surface area contributed by atoms with Crippen molar-refractivity contribution in [2.45, 2.75) is 19.6 Å². The van der Waals surface area contributed by atoms with Crippen molar-refractivity contribution in [3.8, 4) is 11.5 Å². The molecule has 0 heterocycles. The van der Waals surface area contributed by atoms with Gasteiger partial charge in [-0.25, -0.2) is 8.42 Å². The van der Waals surface area contributed by atoms with Crippen LogP contribution in [0.5, 0.6) is 11.5 Å². The number of fused-ring (bicyclic) bond motifs is 1. The summed E-state index contributed by atoms with van der Waals surface area (Å²) in [5.41, 5.74) is 0. The van der Waals surface area contributed by atoms with Crippen molar-refractivity contribution in [3.05, 3.63) is 82.8 Å². The number of benzene rings is 4. The Morgan fingerprint density at radius 2 is 1.25 bits per heavy atom. The van der Waals surface area contributed by atoms with Crippen LogP contribution in [-0.4, -0.2) is 34.4 Å². The Morgan fingerprint density at radius 1 is 0.611 bits per heavy atom. The molecule has 0 radical (unpaired) electrons. The van der Waals surface area contributed by atoms with Crippen LogP contribution in [0.3, 0.4) is 0 Å². The highest BCUT2D eigenvalue weighted by atomic mass is 35.5. The van der Waals surface area contributed by atoms with Gasteiger partial charge in [-0.2, -0.15) is 16.8 Å². The zero-order valence-corrected chi connectivity index (χ0v) is 21.6. The maximum absolute atomic E-state index is 12.9. The molecule has 0 aromatic heterocycles. The van der Waals surface area contributed by atoms with Crippen molar-refractivity contribution < 1.29 is 39.1 Å². The third-order valence-electron chi connectivity index (χ3n) is 4.99. The molecule has 9 nitrogen and oxygen atoms in total. The minimum absolute atomic E-state index is 0.0224. The Kier molecular flexibility index (Phi) is 6.81. The maximum atomic E-state index is 12.9. The van der Waals surface area contributed by atoms with Gasteiger partial charge < -0.3 is 4.74 Å². The standard InChI is InChI=1S/C22H14Cl2O9S3/c23-15-2-8-19(24)21(12-15)34(25,26)17-6-3-16(4-7-17)33-20-10-13-1-5-18(35(27,28)29)9-14(13)11-22(20)36(30,31)32/h1-12H,(H,27,28,29)(H,30,31,32). The van der Waals surface area contributed by atoms with E-state index in [-0.39, 0.29) is 36.7 Å². The highest BCUT2D eigenvalue weighted by Gasteiger charge is 2.23. The molecule has 0 amide bonds. The van der Waals surface area contributed by atoms with Crippen LogP contribution >= 0.6 is 23.2 Å². The van der Waals surface area contributed by atoms with E-state index in [4.69, 9.17) is 27.9 Å². The highest BCUT2D eigenvalue weighted by Crippen LogP contribution is 2.35. The molecule has 0 atom stereocenters. The SMILES string of the molecule is O=S(=O)(O)c1ccc2cc(Oc3ccc(S(=O)(=O)c4cc(Cl)ccc4Cl)cc3)c(S(=O)(=O)O)cc2c1. The minimum Gasteiger partial charge on any atom is -0.456 e. The zero-order valence-electron chi connectivity index (χ0n) is 17.7. The summed E-state index contributed by atoms with van der Waals surface area (Å²) in [5.74, 6) is -0.275. The molecule has 2 N–H and O–H groups in total. The molecule has 0 spiro atoms. The quantitative estimate of drug-likeness (QED) is 0.287. The fourth-order valence-electron chi connectivity index (χ4n) is 3.30. The van der Waals surface area contributed by atoms with E-state index in [2.05, 4.69) is 0 Å². The summed E-state index contributed by atoms with van der Waals surface area (Å²) < 4.78 is 97.2. The summed E-state index contributed by atoms with van der Waals surface area (Å²) in [4.78, 5) is -1.48. The number of hydrogen-bond acceptors (Lipinski definition) is 7. The predicted molar refractivity (Wildman–Crippen MR) is 132 cm³/mol. The summed E-state index contributed by atoms with van der Waals surface area (Å²) >= 11 is 11.9. The first-order chi connectivity index (χ1) is 16.7. The molecule has 0 fully saturated rings. The number of sulfone groups is 1. The molecule has 36 heavy (non-hydrogen) atoms. The molecular formula is C22H14Cl2O9S3. The number of ether oxygens (including phenoxy) is 1. The van der Waals surface area contributed by atoms with Gasteiger partial charge in [0.2, 0.25) is 9.84 Å². The molecule has 4 aromatic carbocycles. The molecule has 4 rings (SSSR count). The average Bonchev–Trinajstić information content (AvgIpc) is 2.79. The summed E-state index contributed by atoms with van der Waals surface area (Å²) in [6.07, 6.45) is 0. The van der Waals surface area contributed by atoms with Gasteiger partial charge in [-0.05, 0) is 77.5 Å². The molecule has 0 saturated carbocycles. The molecule has 0 aliphatic rings. The van der Waals surface area contributed by atoms with E-state index >= 15 is 0 Å². The first kappa shape index (κ1) is 26.4. The van der Waals surface area contributed by atoms with Crippen LogP contribution in [0.4, 0.5) is 0 Å². The van der Waals surface area contributed by atoms with Crippen LogP contribution in [-0.2, 0) is 30.1 Å². The van der Waals surface area contributed by atoms with Crippen molar-refractivity contribution in [2.75, 3.05) is 0 Å². The van der Waals surface area contributed by atoms with Crippen LogP contribution in [0.15, 0.2) is 92.4 Å². The van der Waals surface area contributed by atoms with Crippen LogP contribution in [0, 0.1) is 0 Å². The lowest BCUT2D eigenvalue weighted by Crippen LogP contribution is -2.04. The summed E-state index contributed by atoms with van der Waals surface area (Å²) in [5, 5.41) is 0.575. The molecule has 0 bridgehead atoms. The van der Waals surface area contributed by atoms with Crippen molar-refractivity contribution in [3.63, 3.8) is 0 Å². The molecule has 0 aliphatic heterocycles. The predicted octanol–water partition coefficient (Wildman–Crippen LogP) is 5.27. The van der Waals surface area contributed by atoms with Crippen molar-refractivity contribution >= 4 is 64.0 Å². The van der Waals surface area contributed by atoms with Gasteiger partial charge in [-0.1, -0.05) is 29.3 Å². The van der Waals surface area contributed by atoms with Gasteiger partial charge in [0.25, 0.3) is 20.2 Å². The lowest BCUT2D eigenvalue weighted by Gasteiger charge is -2.12. The van der Waals surface area contributed by atoms with E-state index in [1.807, 2.05) is 0 Å². The summed E-state index contributed by atoms with van der Waals surface area (Å²) in [6, 6.07) is 14.6. The first-order valence-corrected chi connectivity index (χ1v) is 14.8. The number of halogens is 2. The molecular weight excluding hydrogens is 575 g/mol. The first-order valence-electron chi connectivity index (χ1n) is 9.67. The Balaban J connectivity index is 1.74. The van der Waals surface area contributed by atoms with Crippen molar-refractivity contribution in [2.24, 2.45) is 0 Å². The number of rotatable bonds is 6. The lowest BCUT2D eigenvalue weighted by atomic mass is 10.1. The molecule has 0 unspecified atom stereocenters. The normalized spacial score (nSPS) is 12.6. The van der Waals surface area contributed by atoms with Gasteiger partial charge in [0.05, 0.1) is 19.7 Å². The monoisotopic (exact) mass is 588 g/mol. The van der Waals surface area contributed by atoms with E-state index < -0.39 is 39.9 Å². The largest absolute Gasteiger partial charge is 0.456 e. The third kappa shape index (κ3) is 5.34. The van der Waals surface area contributed by atoms with E-state index in [9.17, 15) is 34.4 Å². The summed E-state index contributed by atoms with van der Waals surface area (Å²) in [7, 11) is -13.4. The maximum Gasteiger partial charge on any atom is 0.298 e. The smallest absolute Gasteiger partial charge is 0.298 e. The third-order valence-corrected chi connectivity index (χ3v) is 9.21. The van der Waals surface area contributed by atoms with Gasteiger partial charge >= 0.3 is 0 Å². The molecule has 4 aromatic rings. The average molecular weight is 589 g/mol. The summed E-state index contributed by atoms with van der Waals surface area (Å²) in [6.45, 7) is 0. The Morgan fingerprint density at radius 3 is 1.86 bits per heavy atom. The van der Waals surface area contributed by atoms with Crippen LogP contribution in [0.25, 0.3) is 10.8 Å². The van der Waals surface area contributed by atoms with Gasteiger partial charge in [0, 0.05) is 5.02 Å². The number of hydrogen-bond donors (Lipinski definition) is 2. The van der Waals surface area contributed by atoms with Gasteiger partial charge in [0.1, 0.15) is 16.4 Å². The lowest BCUT2D eigenvalue weighted by molar-refractivity contribution is 0.450. The Bertz CT molecular complexity index is 1830. The molecule has 0 aliphatic carbocycles. The topological polar surface area (TPSA) is 152 Å². The highest BCUT2D eigenvalue weighted by molar-refractivity contribution is 7.91. The van der Waals surface area contributed by atoms with Gasteiger partial charge in [-0.3, -0.25) is 9.11 Å². The van der Waals surface area contributed by atoms with Crippen LogP contribution < -0.4 is 4.74 Å². The zero-order chi connectivity index (χ0) is 26.5. The van der Waals surface area contributed by atoms with Crippen LogP contribution in [0.2, 0.25) is 10.0 Å². The Labute approximate surface area is 216 Å². The fraction of sp³-hybridized carbons (Fsp3) is 0. The van der Waals surface area contributed by atoms with E-state index in [1.165, 1.54) is 54.6 Å². The minimum atomic E-state index is -4.83. The second kappa shape index (κ2) is 9.30. The molecule has 188 valence electrons. The van der Waals surface area contributed by atoms with E-state index in [0.717, 1.165) is 18.2 Å². The van der Waals surface area contributed by atoms with Crippen molar-refractivity contribution in [1.82, 2.24) is 0 Å². The van der Waals surface area contributed by atoms with Gasteiger partial charge in [-0.15, -0.1) is 0 Å². The molecule has 0 saturated heterocycles. The van der Waals surface area contributed by atoms with Crippen LogP contribution in [0.1, 0.15) is 0 Å². The fourth-order valence-corrected chi connectivity index (χ4v) is 6.46. The van der Waals surface area contributed by atoms with Gasteiger partial charge in [0.15, 0.2) is 0 Å². The van der Waals surface area contributed by atoms with Crippen molar-refractivity contribution in [1.29, 1.82) is 0 Å². The van der Waals surface area contributed by atoms with E-state index in [1.54, 1.807) is 0 Å². The second-order valence-electron chi connectivity index (χ2n) is 7.41. The molecule has 14 heteroatoms. The van der Waals surface area contributed by atoms with E-state index in [0.29, 0.717) is 5.39 Å². The second-order valence-corrected chi connectivity index (χ2v) is 13.0.